The molecule has 7 aromatic carbocycles. The van der Waals surface area contributed by atoms with Gasteiger partial charge in [0.25, 0.3) is 0 Å². The van der Waals surface area contributed by atoms with Crippen LogP contribution in [0.2, 0.25) is 0 Å². The monoisotopic (exact) mass is 807 g/mol. The molecule has 4 heteroatoms. The molecule has 0 fully saturated rings. The van der Waals surface area contributed by atoms with Gasteiger partial charge in [-0.05, 0) is 129 Å². The second kappa shape index (κ2) is 17.1. The van der Waals surface area contributed by atoms with Crippen LogP contribution in [0.4, 0.5) is 0 Å². The summed E-state index contributed by atoms with van der Waals surface area (Å²) in [6.07, 6.45) is 2.95. The van der Waals surface area contributed by atoms with E-state index in [4.69, 9.17) is 9.97 Å². The summed E-state index contributed by atoms with van der Waals surface area (Å²) in [6.45, 7) is 13.3. The van der Waals surface area contributed by atoms with Crippen LogP contribution in [0.5, 0.6) is 5.75 Å². The van der Waals surface area contributed by atoms with E-state index in [2.05, 4.69) is 210 Å². The van der Waals surface area contributed by atoms with Gasteiger partial charge in [-0.1, -0.05) is 157 Å². The number of aromatic nitrogens is 3. The Morgan fingerprint density at radius 3 is 1.79 bits per heavy atom. The van der Waals surface area contributed by atoms with Gasteiger partial charge < -0.3 is 5.11 Å². The highest BCUT2D eigenvalue weighted by Gasteiger charge is 2.25. The minimum atomic E-state index is 0.115. The van der Waals surface area contributed by atoms with Crippen molar-refractivity contribution in [3.8, 4) is 78.6 Å². The summed E-state index contributed by atoms with van der Waals surface area (Å²) in [5, 5.41) is 12.3. The maximum atomic E-state index is 12.3. The van der Waals surface area contributed by atoms with Crippen molar-refractivity contribution in [2.45, 2.75) is 65.7 Å². The third kappa shape index (κ3) is 7.74. The van der Waals surface area contributed by atoms with Crippen LogP contribution in [-0.2, 0) is 0 Å². The van der Waals surface area contributed by atoms with Gasteiger partial charge in [-0.25, -0.2) is 4.98 Å². The zero-order valence-corrected chi connectivity index (χ0v) is 36.5. The summed E-state index contributed by atoms with van der Waals surface area (Å²) in [5.74, 6) is 1.75. The number of imidazole rings is 1. The van der Waals surface area contributed by atoms with E-state index in [-0.39, 0.29) is 17.6 Å². The number of pyridine rings is 1. The van der Waals surface area contributed by atoms with Crippen LogP contribution in [0.25, 0.3) is 83.9 Å². The molecule has 9 aromatic rings. The molecule has 0 aliphatic carbocycles. The van der Waals surface area contributed by atoms with Crippen molar-refractivity contribution in [3.05, 3.63) is 193 Å². The zero-order chi connectivity index (χ0) is 42.9. The summed E-state index contributed by atoms with van der Waals surface area (Å²) in [5.41, 5.74) is 17.6. The third-order valence-corrected chi connectivity index (χ3v) is 12.4. The van der Waals surface area contributed by atoms with E-state index >= 15 is 0 Å². The molecule has 1 unspecified atom stereocenters. The van der Waals surface area contributed by atoms with Crippen LogP contribution in [-0.4, -0.2) is 19.6 Å². The molecule has 1 N–H and O–H groups in total. The number of para-hydroxylation sites is 1. The lowest BCUT2D eigenvalue weighted by Gasteiger charge is -2.20. The van der Waals surface area contributed by atoms with Gasteiger partial charge in [-0.3, -0.25) is 9.55 Å². The van der Waals surface area contributed by atoms with Gasteiger partial charge in [0.1, 0.15) is 11.6 Å². The fourth-order valence-corrected chi connectivity index (χ4v) is 8.65. The number of rotatable bonds is 11. The van der Waals surface area contributed by atoms with E-state index in [0.717, 1.165) is 90.0 Å². The van der Waals surface area contributed by atoms with Gasteiger partial charge in [-0.15, -0.1) is 0 Å². The van der Waals surface area contributed by atoms with Crippen LogP contribution in [0, 0.1) is 0 Å². The summed E-state index contributed by atoms with van der Waals surface area (Å²) in [7, 11) is 0. The number of hydrogen-bond acceptors (Lipinski definition) is 3. The molecule has 0 aliphatic heterocycles. The molecular weight excluding hydrogens is 755 g/mol. The SMILES string of the molecule is CCC(C)c1ccc(-n2c(-c3cc(C(C)C)cc(C(C)C)c3O)nc3c(-c4cc(-c5ccccc5)cc(-c5cc(-c6ccccc6)ccn5)c4)cccc32)c(-c2ccccc2)c1. The van der Waals surface area contributed by atoms with Gasteiger partial charge in [0, 0.05) is 22.9 Å². The molecule has 0 saturated heterocycles. The van der Waals surface area contributed by atoms with E-state index in [1.807, 2.05) is 12.3 Å². The van der Waals surface area contributed by atoms with Crippen molar-refractivity contribution in [2.75, 3.05) is 0 Å². The predicted molar refractivity (Wildman–Crippen MR) is 260 cm³/mol. The fourth-order valence-electron chi connectivity index (χ4n) is 8.65. The topological polar surface area (TPSA) is 50.9 Å². The molecule has 0 radical (unpaired) electrons. The van der Waals surface area contributed by atoms with Crippen molar-refractivity contribution in [3.63, 3.8) is 0 Å². The highest BCUT2D eigenvalue weighted by molar-refractivity contribution is 5.98. The first-order chi connectivity index (χ1) is 30.2. The number of phenolic OH excluding ortho intramolecular Hbond substituents is 1. The molecule has 2 aromatic heterocycles. The number of fused-ring (bicyclic) bond motifs is 1. The van der Waals surface area contributed by atoms with Crippen molar-refractivity contribution >= 4 is 11.0 Å². The van der Waals surface area contributed by atoms with E-state index in [0.29, 0.717) is 11.7 Å². The van der Waals surface area contributed by atoms with Crippen LogP contribution < -0.4 is 0 Å². The Labute approximate surface area is 366 Å². The molecule has 306 valence electrons. The summed E-state index contributed by atoms with van der Waals surface area (Å²) in [6, 6.07) is 60.4. The number of benzene rings is 7. The summed E-state index contributed by atoms with van der Waals surface area (Å²) < 4.78 is 2.29. The average molecular weight is 808 g/mol. The number of nitrogens with zero attached hydrogens (tertiary/aromatic N) is 3. The van der Waals surface area contributed by atoms with Crippen molar-refractivity contribution in [1.29, 1.82) is 0 Å². The van der Waals surface area contributed by atoms with Gasteiger partial charge in [0.2, 0.25) is 0 Å². The first-order valence-electron chi connectivity index (χ1n) is 22.0. The molecular formula is C58H53N3O. The largest absolute Gasteiger partial charge is 0.507 e. The highest BCUT2D eigenvalue weighted by atomic mass is 16.3. The molecule has 0 amide bonds. The Morgan fingerprint density at radius 2 is 1.13 bits per heavy atom. The number of phenols is 1. The quantitative estimate of drug-likeness (QED) is 0.142. The van der Waals surface area contributed by atoms with E-state index in [1.165, 1.54) is 11.1 Å². The fraction of sp³-hybridized carbons (Fsp3) is 0.172. The van der Waals surface area contributed by atoms with Crippen LogP contribution in [0.3, 0.4) is 0 Å². The lowest BCUT2D eigenvalue weighted by atomic mass is 9.91. The Kier molecular flexibility index (Phi) is 11.2. The Bertz CT molecular complexity index is 3020. The van der Waals surface area contributed by atoms with Gasteiger partial charge in [0.05, 0.1) is 28.0 Å². The lowest BCUT2D eigenvalue weighted by molar-refractivity contribution is 0.466. The standard InChI is InChI=1S/C58H53N3O/c1-7-39(6)43-26-27-54(51(33-43)42-22-15-10-16-23-42)61-55-25-17-24-49(56(55)60-58(61)52-35-45(37(2)3)34-50(38(4)5)57(52)62)47-30-46(41-20-13-9-14-21-41)31-48(32-47)53-36-44(28-29-59-53)40-18-11-8-12-19-40/h8-39,62H,7H2,1-6H3. The van der Waals surface area contributed by atoms with Gasteiger partial charge in [0.15, 0.2) is 0 Å². The summed E-state index contributed by atoms with van der Waals surface area (Å²) in [4.78, 5) is 10.6. The average Bonchev–Trinajstić information content (AvgIpc) is 3.71. The Morgan fingerprint density at radius 1 is 0.500 bits per heavy atom. The van der Waals surface area contributed by atoms with E-state index in [1.54, 1.807) is 0 Å². The predicted octanol–water partition coefficient (Wildman–Crippen LogP) is 15.9. The number of aromatic hydroxyl groups is 1. The Hall–Kier alpha value is -7.04. The molecule has 1 atom stereocenters. The minimum Gasteiger partial charge on any atom is -0.507 e. The smallest absolute Gasteiger partial charge is 0.149 e. The van der Waals surface area contributed by atoms with Crippen LogP contribution in [0.15, 0.2) is 176 Å². The van der Waals surface area contributed by atoms with E-state index < -0.39 is 0 Å². The molecule has 0 saturated carbocycles. The third-order valence-electron chi connectivity index (χ3n) is 12.4. The second-order valence-corrected chi connectivity index (χ2v) is 17.2. The van der Waals surface area contributed by atoms with Gasteiger partial charge in [-0.2, -0.15) is 0 Å². The lowest BCUT2D eigenvalue weighted by Crippen LogP contribution is -2.04. The second-order valence-electron chi connectivity index (χ2n) is 17.2. The maximum Gasteiger partial charge on any atom is 0.149 e. The van der Waals surface area contributed by atoms with Crippen LogP contribution in [0.1, 0.15) is 82.4 Å². The zero-order valence-electron chi connectivity index (χ0n) is 36.5. The molecule has 0 aliphatic rings. The molecule has 4 nitrogen and oxygen atoms in total. The minimum absolute atomic E-state index is 0.115. The van der Waals surface area contributed by atoms with E-state index in [9.17, 15) is 5.11 Å². The molecule has 0 spiro atoms. The summed E-state index contributed by atoms with van der Waals surface area (Å²) >= 11 is 0. The van der Waals surface area contributed by atoms with Crippen molar-refractivity contribution in [1.82, 2.24) is 14.5 Å². The van der Waals surface area contributed by atoms with Gasteiger partial charge >= 0.3 is 0 Å². The normalized spacial score (nSPS) is 12.1. The molecule has 9 rings (SSSR count). The van der Waals surface area contributed by atoms with Crippen molar-refractivity contribution in [2.24, 2.45) is 0 Å². The van der Waals surface area contributed by atoms with Crippen molar-refractivity contribution < 1.29 is 5.11 Å². The first-order valence-corrected chi connectivity index (χ1v) is 22.0. The molecule has 0 bridgehead atoms. The van der Waals surface area contributed by atoms with Crippen LogP contribution >= 0.6 is 0 Å². The maximum absolute atomic E-state index is 12.3. The highest BCUT2D eigenvalue weighted by Crippen LogP contribution is 2.45. The first kappa shape index (κ1) is 40.4. The molecule has 2 heterocycles. The molecule has 62 heavy (non-hydrogen) atoms. The number of hydrogen-bond donors (Lipinski definition) is 1. The Balaban J connectivity index is 1.35.